The van der Waals surface area contributed by atoms with E-state index < -0.39 is 0 Å². The summed E-state index contributed by atoms with van der Waals surface area (Å²) in [4.78, 5) is 0. The minimum atomic E-state index is 0.0213. The number of azo groups is 1. The van der Waals surface area contributed by atoms with Crippen molar-refractivity contribution in [1.82, 2.24) is 0 Å². The van der Waals surface area contributed by atoms with Crippen molar-refractivity contribution in [2.75, 3.05) is 0 Å². The first-order chi connectivity index (χ1) is 9.51. The molecule has 1 heterocycles. The lowest BCUT2D eigenvalue weighted by molar-refractivity contribution is 0.145. The second-order valence-corrected chi connectivity index (χ2v) is 7.58. The van der Waals surface area contributed by atoms with E-state index in [-0.39, 0.29) is 11.1 Å². The highest BCUT2D eigenvalue weighted by molar-refractivity contribution is 5.38. The maximum atomic E-state index is 4.85. The third-order valence-electron chi connectivity index (χ3n) is 6.70. The molecule has 0 radical (unpaired) electrons. The highest BCUT2D eigenvalue weighted by Crippen LogP contribution is 2.72. The van der Waals surface area contributed by atoms with Gasteiger partial charge in [0.05, 0.1) is 11.1 Å². The second-order valence-electron chi connectivity index (χ2n) is 7.58. The third kappa shape index (κ3) is 1.26. The molecule has 2 saturated carbocycles. The lowest BCUT2D eigenvalue weighted by atomic mass is 9.64. The van der Waals surface area contributed by atoms with Crippen molar-refractivity contribution >= 4 is 0 Å². The van der Waals surface area contributed by atoms with Crippen LogP contribution in [-0.4, -0.2) is 11.1 Å². The van der Waals surface area contributed by atoms with Crippen LogP contribution in [0.15, 0.2) is 34.5 Å². The maximum absolute atomic E-state index is 4.85. The Hall–Kier alpha value is -1.18. The quantitative estimate of drug-likeness (QED) is 0.682. The standard InChI is InChI=1S/C18H24N2/c1-13-6-8-14(9-7-13)15-12-16(2)18(10-4-5-11-18)17(15,3)20-19-16/h6-9,15H,4-5,10-12H2,1-3H3/t15-,16-,17+/m0/s1. The number of rotatable bonds is 1. The molecule has 1 aliphatic heterocycles. The summed E-state index contributed by atoms with van der Waals surface area (Å²) in [5.74, 6) is 0.545. The molecule has 0 unspecified atom stereocenters. The Kier molecular flexibility index (Phi) is 2.33. The lowest BCUT2D eigenvalue weighted by Gasteiger charge is -2.40. The summed E-state index contributed by atoms with van der Waals surface area (Å²) in [5.41, 5.74) is 3.23. The molecule has 0 amide bonds. The fraction of sp³-hybridized carbons (Fsp3) is 0.667. The van der Waals surface area contributed by atoms with Crippen molar-refractivity contribution in [1.29, 1.82) is 0 Å². The van der Waals surface area contributed by atoms with Gasteiger partial charge in [-0.05, 0) is 45.6 Å². The molecule has 2 aliphatic carbocycles. The summed E-state index contributed by atoms with van der Waals surface area (Å²) in [5, 5.41) is 9.61. The molecule has 0 N–H and O–H groups in total. The molecule has 2 nitrogen and oxygen atoms in total. The summed E-state index contributed by atoms with van der Waals surface area (Å²) in [7, 11) is 0. The molecular formula is C18H24N2. The van der Waals surface area contributed by atoms with E-state index >= 15 is 0 Å². The Labute approximate surface area is 121 Å². The molecule has 3 atom stereocenters. The number of benzene rings is 1. The van der Waals surface area contributed by atoms with Gasteiger partial charge < -0.3 is 0 Å². The highest BCUT2D eigenvalue weighted by atomic mass is 15.3. The van der Waals surface area contributed by atoms with Gasteiger partial charge in [-0.25, -0.2) is 0 Å². The van der Waals surface area contributed by atoms with E-state index in [1.54, 1.807) is 0 Å². The van der Waals surface area contributed by atoms with E-state index in [2.05, 4.69) is 45.0 Å². The normalized spacial score (nSPS) is 40.9. The van der Waals surface area contributed by atoms with Gasteiger partial charge in [-0.15, -0.1) is 0 Å². The van der Waals surface area contributed by atoms with Crippen molar-refractivity contribution in [2.24, 2.45) is 15.6 Å². The van der Waals surface area contributed by atoms with Gasteiger partial charge in [0, 0.05) is 11.3 Å². The largest absolute Gasteiger partial charge is 0.186 e. The lowest BCUT2D eigenvalue weighted by Crippen LogP contribution is -2.45. The van der Waals surface area contributed by atoms with E-state index in [9.17, 15) is 0 Å². The van der Waals surface area contributed by atoms with Gasteiger partial charge in [-0.1, -0.05) is 42.7 Å². The zero-order valence-corrected chi connectivity index (χ0v) is 12.8. The summed E-state index contributed by atoms with van der Waals surface area (Å²) in [6, 6.07) is 9.11. The molecule has 1 aromatic carbocycles. The topological polar surface area (TPSA) is 24.7 Å². The van der Waals surface area contributed by atoms with Crippen molar-refractivity contribution < 1.29 is 0 Å². The summed E-state index contributed by atoms with van der Waals surface area (Å²) >= 11 is 0. The summed E-state index contributed by atoms with van der Waals surface area (Å²) < 4.78 is 0. The van der Waals surface area contributed by atoms with Crippen molar-refractivity contribution in [3.63, 3.8) is 0 Å². The zero-order valence-electron chi connectivity index (χ0n) is 12.8. The Bertz CT molecular complexity index is 568. The van der Waals surface area contributed by atoms with Crippen molar-refractivity contribution in [3.8, 4) is 0 Å². The molecule has 20 heavy (non-hydrogen) atoms. The molecule has 4 rings (SSSR count). The average Bonchev–Trinajstić information content (AvgIpc) is 3.06. The molecule has 0 aromatic heterocycles. The van der Waals surface area contributed by atoms with Gasteiger partial charge >= 0.3 is 0 Å². The molecule has 2 fully saturated rings. The predicted molar refractivity (Wildman–Crippen MR) is 81.1 cm³/mol. The maximum Gasteiger partial charge on any atom is 0.0936 e. The fourth-order valence-corrected chi connectivity index (χ4v) is 5.45. The predicted octanol–water partition coefficient (Wildman–Crippen LogP) is 5.03. The monoisotopic (exact) mass is 268 g/mol. The molecular weight excluding hydrogens is 244 g/mol. The van der Waals surface area contributed by atoms with Crippen LogP contribution in [0, 0.1) is 12.3 Å². The molecule has 0 saturated heterocycles. The van der Waals surface area contributed by atoms with E-state index in [0.29, 0.717) is 11.3 Å². The SMILES string of the molecule is Cc1ccc([C@@H]2C[C@]3(C)N=N[C@@]2(C)C32CCCC2)cc1. The minimum absolute atomic E-state index is 0.0213. The van der Waals surface area contributed by atoms with Gasteiger partial charge in [-0.3, -0.25) is 0 Å². The van der Waals surface area contributed by atoms with Crippen molar-refractivity contribution in [3.05, 3.63) is 35.4 Å². The van der Waals surface area contributed by atoms with Crippen LogP contribution in [0.1, 0.15) is 63.0 Å². The number of hydrogen-bond donors (Lipinski definition) is 0. The Morgan fingerprint density at radius 2 is 1.65 bits per heavy atom. The van der Waals surface area contributed by atoms with Crippen LogP contribution in [0.3, 0.4) is 0 Å². The Morgan fingerprint density at radius 1 is 1.00 bits per heavy atom. The second kappa shape index (κ2) is 3.72. The summed E-state index contributed by atoms with van der Waals surface area (Å²) in [6.45, 7) is 6.90. The number of aryl methyl sites for hydroxylation is 1. The van der Waals surface area contributed by atoms with Gasteiger partial charge in [0.2, 0.25) is 0 Å². The van der Waals surface area contributed by atoms with Crippen LogP contribution in [0.5, 0.6) is 0 Å². The Morgan fingerprint density at radius 3 is 2.30 bits per heavy atom. The van der Waals surface area contributed by atoms with Gasteiger partial charge in [0.1, 0.15) is 0 Å². The molecule has 106 valence electrons. The first kappa shape index (κ1) is 12.6. The van der Waals surface area contributed by atoms with E-state index in [1.807, 2.05) is 0 Å². The van der Waals surface area contributed by atoms with Crippen LogP contribution in [0.4, 0.5) is 0 Å². The molecule has 3 aliphatic rings. The van der Waals surface area contributed by atoms with Crippen LogP contribution in [-0.2, 0) is 0 Å². The van der Waals surface area contributed by atoms with Crippen LogP contribution < -0.4 is 0 Å². The molecule has 2 heteroatoms. The first-order valence-corrected chi connectivity index (χ1v) is 8.01. The van der Waals surface area contributed by atoms with Gasteiger partial charge in [0.15, 0.2) is 0 Å². The van der Waals surface area contributed by atoms with Gasteiger partial charge in [-0.2, -0.15) is 10.2 Å². The third-order valence-corrected chi connectivity index (χ3v) is 6.70. The smallest absolute Gasteiger partial charge is 0.0936 e. The van der Waals surface area contributed by atoms with Crippen LogP contribution >= 0.6 is 0 Å². The van der Waals surface area contributed by atoms with Crippen molar-refractivity contribution in [2.45, 2.75) is 69.9 Å². The summed E-state index contributed by atoms with van der Waals surface area (Å²) in [6.07, 6.45) is 6.52. The van der Waals surface area contributed by atoms with E-state index in [0.717, 1.165) is 0 Å². The van der Waals surface area contributed by atoms with E-state index in [4.69, 9.17) is 10.2 Å². The first-order valence-electron chi connectivity index (χ1n) is 8.01. The zero-order chi connectivity index (χ0) is 14.0. The molecule has 2 bridgehead atoms. The average molecular weight is 268 g/mol. The Balaban J connectivity index is 1.81. The molecule has 1 aromatic rings. The van der Waals surface area contributed by atoms with Crippen LogP contribution in [0.25, 0.3) is 0 Å². The number of hydrogen-bond acceptors (Lipinski definition) is 2. The van der Waals surface area contributed by atoms with Gasteiger partial charge in [0.25, 0.3) is 0 Å². The molecule has 1 spiro atoms. The highest BCUT2D eigenvalue weighted by Gasteiger charge is 2.72. The number of nitrogens with zero attached hydrogens (tertiary/aromatic N) is 2. The van der Waals surface area contributed by atoms with Crippen LogP contribution in [0.2, 0.25) is 0 Å². The minimum Gasteiger partial charge on any atom is -0.186 e. The van der Waals surface area contributed by atoms with E-state index in [1.165, 1.54) is 43.2 Å². The fourth-order valence-electron chi connectivity index (χ4n) is 5.45.